The summed E-state index contributed by atoms with van der Waals surface area (Å²) in [4.78, 5) is 14.5. The van der Waals surface area contributed by atoms with Crippen LogP contribution >= 0.6 is 15.9 Å². The number of halogens is 1. The molecule has 0 unspecified atom stereocenters. The second-order valence-corrected chi connectivity index (χ2v) is 2.92. The molecule has 0 spiro atoms. The van der Waals surface area contributed by atoms with E-state index in [0.29, 0.717) is 10.2 Å². The first kappa shape index (κ1) is 8.99. The third kappa shape index (κ3) is 1.73. The lowest BCUT2D eigenvalue weighted by Crippen LogP contribution is -2.13. The van der Waals surface area contributed by atoms with Crippen LogP contribution in [0.3, 0.4) is 0 Å². The van der Waals surface area contributed by atoms with Crippen LogP contribution in [-0.4, -0.2) is 18.0 Å². The van der Waals surface area contributed by atoms with Gasteiger partial charge in [0, 0.05) is 0 Å². The minimum Gasteiger partial charge on any atom is -0.495 e. The maximum Gasteiger partial charge on any atom is 0.268 e. The van der Waals surface area contributed by atoms with Crippen LogP contribution in [0, 0.1) is 0 Å². The van der Waals surface area contributed by atoms with Crippen molar-refractivity contribution >= 4 is 21.8 Å². The van der Waals surface area contributed by atoms with Gasteiger partial charge in [0.2, 0.25) is 0 Å². The van der Waals surface area contributed by atoms with Gasteiger partial charge in [-0.1, -0.05) is 0 Å². The van der Waals surface area contributed by atoms with E-state index in [-0.39, 0.29) is 5.69 Å². The van der Waals surface area contributed by atoms with Crippen LogP contribution < -0.4 is 10.5 Å². The highest BCUT2D eigenvalue weighted by molar-refractivity contribution is 9.10. The van der Waals surface area contributed by atoms with E-state index >= 15 is 0 Å². The highest BCUT2D eigenvalue weighted by Gasteiger charge is 2.07. The van der Waals surface area contributed by atoms with E-state index in [4.69, 9.17) is 10.5 Å². The predicted octanol–water partition coefficient (Wildman–Crippen LogP) is 0.952. The third-order valence-electron chi connectivity index (χ3n) is 1.29. The second kappa shape index (κ2) is 3.53. The van der Waals surface area contributed by atoms with Crippen molar-refractivity contribution in [1.29, 1.82) is 0 Å². The molecule has 0 saturated carbocycles. The Kier molecular flexibility index (Phi) is 2.65. The van der Waals surface area contributed by atoms with Crippen LogP contribution in [-0.2, 0) is 0 Å². The molecule has 1 aromatic heterocycles. The number of amides is 1. The summed E-state index contributed by atoms with van der Waals surface area (Å²) < 4.78 is 5.42. The molecule has 0 aliphatic rings. The summed E-state index contributed by atoms with van der Waals surface area (Å²) in [6.45, 7) is 0. The van der Waals surface area contributed by atoms with Crippen LogP contribution in [0.5, 0.6) is 5.75 Å². The smallest absolute Gasteiger partial charge is 0.268 e. The minimum absolute atomic E-state index is 0.204. The zero-order valence-corrected chi connectivity index (χ0v) is 7.96. The van der Waals surface area contributed by atoms with Crippen LogP contribution in [0.1, 0.15) is 10.5 Å². The molecule has 1 amide bonds. The summed E-state index contributed by atoms with van der Waals surface area (Å²) in [5.41, 5.74) is 5.24. The maximum absolute atomic E-state index is 10.7. The van der Waals surface area contributed by atoms with Crippen molar-refractivity contribution in [3.05, 3.63) is 22.4 Å². The van der Waals surface area contributed by atoms with Crippen molar-refractivity contribution in [1.82, 2.24) is 4.98 Å². The molecule has 0 aromatic carbocycles. The first-order valence-electron chi connectivity index (χ1n) is 3.14. The number of nitrogens with two attached hydrogens (primary N) is 1. The Labute approximate surface area is 77.9 Å². The predicted molar refractivity (Wildman–Crippen MR) is 47.0 cm³/mol. The van der Waals surface area contributed by atoms with Crippen molar-refractivity contribution < 1.29 is 9.53 Å². The molecule has 0 saturated heterocycles. The molecule has 4 nitrogen and oxygen atoms in total. The fourth-order valence-corrected chi connectivity index (χ4v) is 1.24. The number of carbonyl (C=O) groups excluding carboxylic acids is 1. The number of pyridine rings is 1. The molecular formula is C7H7BrN2O2. The van der Waals surface area contributed by atoms with Gasteiger partial charge in [0.05, 0.1) is 17.8 Å². The van der Waals surface area contributed by atoms with E-state index in [2.05, 4.69) is 20.9 Å². The van der Waals surface area contributed by atoms with Gasteiger partial charge in [0.1, 0.15) is 11.4 Å². The molecule has 1 heterocycles. The Bertz CT molecular complexity index is 314. The molecular weight excluding hydrogens is 224 g/mol. The molecule has 0 fully saturated rings. The molecule has 5 heteroatoms. The molecule has 2 N–H and O–H groups in total. The molecule has 0 bridgehead atoms. The monoisotopic (exact) mass is 230 g/mol. The van der Waals surface area contributed by atoms with Crippen LogP contribution in [0.25, 0.3) is 0 Å². The van der Waals surface area contributed by atoms with Crippen molar-refractivity contribution in [3.8, 4) is 5.75 Å². The summed E-state index contributed by atoms with van der Waals surface area (Å²) in [6, 6.07) is 1.63. The lowest BCUT2D eigenvalue weighted by Gasteiger charge is -2.01. The standard InChI is InChI=1S/C7H7BrN2O2/c1-12-4-2-5(8)6(7(9)11)10-3-4/h2-3H,1H3,(H2,9,11). The summed E-state index contributed by atoms with van der Waals surface area (Å²) in [5, 5.41) is 0. The van der Waals surface area contributed by atoms with E-state index in [0.717, 1.165) is 0 Å². The number of ether oxygens (including phenoxy) is 1. The number of methoxy groups -OCH3 is 1. The van der Waals surface area contributed by atoms with Gasteiger partial charge < -0.3 is 10.5 Å². The molecule has 0 radical (unpaired) electrons. The normalized spacial score (nSPS) is 9.50. The van der Waals surface area contributed by atoms with E-state index < -0.39 is 5.91 Å². The summed E-state index contributed by atoms with van der Waals surface area (Å²) >= 11 is 3.15. The van der Waals surface area contributed by atoms with Gasteiger partial charge in [0.25, 0.3) is 5.91 Å². The molecule has 1 aromatic rings. The third-order valence-corrected chi connectivity index (χ3v) is 1.89. The zero-order chi connectivity index (χ0) is 9.14. The number of rotatable bonds is 2. The summed E-state index contributed by atoms with van der Waals surface area (Å²) in [5.74, 6) is 0.0106. The van der Waals surface area contributed by atoms with Gasteiger partial charge in [-0.15, -0.1) is 0 Å². The van der Waals surface area contributed by atoms with Gasteiger partial charge >= 0.3 is 0 Å². The first-order chi connectivity index (χ1) is 5.65. The largest absolute Gasteiger partial charge is 0.495 e. The Hall–Kier alpha value is -1.10. The first-order valence-corrected chi connectivity index (χ1v) is 3.93. The van der Waals surface area contributed by atoms with Gasteiger partial charge in [-0.25, -0.2) is 4.98 Å². The molecule has 0 aliphatic carbocycles. The molecule has 0 aliphatic heterocycles. The zero-order valence-electron chi connectivity index (χ0n) is 6.37. The lowest BCUT2D eigenvalue weighted by molar-refractivity contribution is 0.0994. The average molecular weight is 231 g/mol. The Morgan fingerprint density at radius 3 is 2.83 bits per heavy atom. The van der Waals surface area contributed by atoms with Crippen molar-refractivity contribution in [3.63, 3.8) is 0 Å². The lowest BCUT2D eigenvalue weighted by atomic mass is 10.3. The van der Waals surface area contributed by atoms with Gasteiger partial charge in [-0.2, -0.15) is 0 Å². The Balaban J connectivity index is 3.12. The number of nitrogens with zero attached hydrogens (tertiary/aromatic N) is 1. The quantitative estimate of drug-likeness (QED) is 0.823. The van der Waals surface area contributed by atoms with Crippen LogP contribution in [0.15, 0.2) is 16.7 Å². The topological polar surface area (TPSA) is 65.2 Å². The van der Waals surface area contributed by atoms with Crippen LogP contribution in [0.2, 0.25) is 0 Å². The molecule has 64 valence electrons. The fourth-order valence-electron chi connectivity index (χ4n) is 0.713. The number of hydrogen-bond donors (Lipinski definition) is 1. The van der Waals surface area contributed by atoms with Crippen molar-refractivity contribution in [2.75, 3.05) is 7.11 Å². The number of primary amides is 1. The van der Waals surface area contributed by atoms with Gasteiger partial charge in [-0.05, 0) is 22.0 Å². The van der Waals surface area contributed by atoms with E-state index in [9.17, 15) is 4.79 Å². The highest BCUT2D eigenvalue weighted by atomic mass is 79.9. The van der Waals surface area contributed by atoms with Crippen LogP contribution in [0.4, 0.5) is 0 Å². The molecule has 0 atom stereocenters. The maximum atomic E-state index is 10.7. The number of carbonyl (C=O) groups is 1. The van der Waals surface area contributed by atoms with Gasteiger partial charge in [0.15, 0.2) is 0 Å². The van der Waals surface area contributed by atoms with Gasteiger partial charge in [-0.3, -0.25) is 4.79 Å². The number of hydrogen-bond acceptors (Lipinski definition) is 3. The Morgan fingerprint density at radius 1 is 1.75 bits per heavy atom. The van der Waals surface area contributed by atoms with E-state index in [1.807, 2.05) is 0 Å². The summed E-state index contributed by atoms with van der Waals surface area (Å²) in [7, 11) is 1.52. The average Bonchev–Trinajstić information content (AvgIpc) is 2.03. The van der Waals surface area contributed by atoms with E-state index in [1.165, 1.54) is 13.3 Å². The van der Waals surface area contributed by atoms with E-state index in [1.54, 1.807) is 6.07 Å². The number of aromatic nitrogens is 1. The highest BCUT2D eigenvalue weighted by Crippen LogP contribution is 2.19. The van der Waals surface area contributed by atoms with Crippen molar-refractivity contribution in [2.45, 2.75) is 0 Å². The SMILES string of the molecule is COc1cnc(C(N)=O)c(Br)c1. The van der Waals surface area contributed by atoms with Crippen molar-refractivity contribution in [2.24, 2.45) is 5.73 Å². The minimum atomic E-state index is -0.565. The molecule has 12 heavy (non-hydrogen) atoms. The Morgan fingerprint density at radius 2 is 2.42 bits per heavy atom. The fraction of sp³-hybridized carbons (Fsp3) is 0.143. The molecule has 1 rings (SSSR count). The summed E-state index contributed by atoms with van der Waals surface area (Å²) in [6.07, 6.45) is 1.44. The second-order valence-electron chi connectivity index (χ2n) is 2.07.